The lowest BCUT2D eigenvalue weighted by Gasteiger charge is -2.25. The summed E-state index contributed by atoms with van der Waals surface area (Å²) in [4.78, 5) is 77.0. The number of H-pyrrole nitrogens is 3. The summed E-state index contributed by atoms with van der Waals surface area (Å²) < 4.78 is 0. The van der Waals surface area contributed by atoms with Crippen molar-refractivity contribution in [3.8, 4) is 0 Å². The summed E-state index contributed by atoms with van der Waals surface area (Å²) in [7, 11) is 0. The number of carboxylic acid groups (broad SMARTS) is 2. The third kappa shape index (κ3) is 8.24. The second kappa shape index (κ2) is 15.1. The van der Waals surface area contributed by atoms with Crippen LogP contribution in [0.15, 0.2) is 73.4 Å². The van der Waals surface area contributed by atoms with E-state index < -0.39 is 60.2 Å². The van der Waals surface area contributed by atoms with Gasteiger partial charge in [-0.1, -0.05) is 36.4 Å². The van der Waals surface area contributed by atoms with E-state index in [0.717, 1.165) is 27.4 Å². The Bertz CT molecular complexity index is 1910. The lowest BCUT2D eigenvalue weighted by atomic mass is 10.0. The van der Waals surface area contributed by atoms with E-state index in [1.54, 1.807) is 12.4 Å². The predicted octanol–water partition coefficient (Wildman–Crippen LogP) is 1.13. The zero-order chi connectivity index (χ0) is 34.2. The number of fused-ring (bicyclic) bond motifs is 2. The first-order chi connectivity index (χ1) is 23.1. The molecule has 0 saturated carbocycles. The van der Waals surface area contributed by atoms with Crippen molar-refractivity contribution in [3.05, 3.63) is 90.3 Å². The second-order valence-corrected chi connectivity index (χ2v) is 11.5. The predicted molar refractivity (Wildman–Crippen MR) is 175 cm³/mol. The fourth-order valence-electron chi connectivity index (χ4n) is 5.54. The Morgan fingerprint density at radius 2 is 1.27 bits per heavy atom. The molecule has 0 saturated heterocycles. The molecule has 3 amide bonds. The molecule has 10 N–H and O–H groups in total. The highest BCUT2D eigenvalue weighted by molar-refractivity contribution is 5.95. The monoisotopic (exact) mass is 656 g/mol. The Labute approximate surface area is 273 Å². The van der Waals surface area contributed by atoms with E-state index >= 15 is 0 Å². The smallest absolute Gasteiger partial charge is 0.326 e. The molecule has 4 atom stereocenters. The van der Waals surface area contributed by atoms with Crippen LogP contribution in [0.5, 0.6) is 0 Å². The molecule has 4 unspecified atom stereocenters. The Balaban J connectivity index is 1.30. The number of nitrogens with one attached hydrogen (secondary N) is 6. The molecular formula is C33H36N8O7. The van der Waals surface area contributed by atoms with E-state index in [0.29, 0.717) is 11.3 Å². The Morgan fingerprint density at radius 3 is 1.85 bits per heavy atom. The summed E-state index contributed by atoms with van der Waals surface area (Å²) >= 11 is 0. The number of carbonyl (C=O) groups is 5. The lowest BCUT2D eigenvalue weighted by molar-refractivity contribution is -0.142. The average Bonchev–Trinajstić information content (AvgIpc) is 3.83. The van der Waals surface area contributed by atoms with Gasteiger partial charge in [0.1, 0.15) is 18.1 Å². The maximum absolute atomic E-state index is 13.6. The molecule has 3 aromatic heterocycles. The first-order valence-electron chi connectivity index (χ1n) is 15.3. The maximum atomic E-state index is 13.6. The van der Waals surface area contributed by atoms with Crippen LogP contribution in [0.1, 0.15) is 29.7 Å². The number of carboxylic acids is 2. The maximum Gasteiger partial charge on any atom is 0.326 e. The van der Waals surface area contributed by atoms with Crippen molar-refractivity contribution in [3.63, 3.8) is 0 Å². The number of rotatable bonds is 16. The van der Waals surface area contributed by atoms with Crippen molar-refractivity contribution in [2.45, 2.75) is 56.3 Å². The van der Waals surface area contributed by atoms with Gasteiger partial charge in [0.05, 0.1) is 12.4 Å². The minimum absolute atomic E-state index is 0.0403. The van der Waals surface area contributed by atoms with Gasteiger partial charge in [0.2, 0.25) is 17.7 Å². The summed E-state index contributed by atoms with van der Waals surface area (Å²) in [5, 5.41) is 28.6. The van der Waals surface area contributed by atoms with E-state index in [4.69, 9.17) is 5.73 Å². The topological polar surface area (TPSA) is 248 Å². The fourth-order valence-corrected chi connectivity index (χ4v) is 5.54. The highest BCUT2D eigenvalue weighted by Gasteiger charge is 2.31. The number of hydrogen-bond acceptors (Lipinski definition) is 7. The van der Waals surface area contributed by atoms with E-state index in [-0.39, 0.29) is 25.7 Å². The first-order valence-corrected chi connectivity index (χ1v) is 15.3. The molecule has 0 aliphatic rings. The number of carbonyl (C=O) groups excluding carboxylic acids is 3. The fraction of sp³-hybridized carbons (Fsp3) is 0.273. The van der Waals surface area contributed by atoms with Gasteiger partial charge in [-0.2, -0.15) is 0 Å². The van der Waals surface area contributed by atoms with Gasteiger partial charge in [-0.3, -0.25) is 19.2 Å². The van der Waals surface area contributed by atoms with Crippen LogP contribution in [-0.2, 0) is 43.2 Å². The summed E-state index contributed by atoms with van der Waals surface area (Å²) in [5.41, 5.74) is 9.81. The molecule has 3 heterocycles. The molecule has 250 valence electrons. The van der Waals surface area contributed by atoms with Gasteiger partial charge in [-0.25, -0.2) is 9.78 Å². The highest BCUT2D eigenvalue weighted by Crippen LogP contribution is 2.20. The number of aromatic nitrogens is 4. The zero-order valence-electron chi connectivity index (χ0n) is 25.7. The summed E-state index contributed by atoms with van der Waals surface area (Å²) in [6.07, 6.45) is 5.50. The van der Waals surface area contributed by atoms with Crippen LogP contribution in [-0.4, -0.2) is 84.0 Å². The van der Waals surface area contributed by atoms with E-state index in [1.165, 1.54) is 12.5 Å². The van der Waals surface area contributed by atoms with Crippen molar-refractivity contribution >= 4 is 51.5 Å². The van der Waals surface area contributed by atoms with Gasteiger partial charge in [-0.05, 0) is 36.1 Å². The Morgan fingerprint density at radius 1 is 0.708 bits per heavy atom. The Kier molecular flexibility index (Phi) is 10.5. The Hall–Kier alpha value is -5.96. The SMILES string of the molecule is NC(Cc1c[nH]c2ccccc12)C(=O)NC(CCC(=O)O)C(=O)NC(Cc1cnc[nH]1)C(=O)NC(Cc1c[nH]c2ccccc12)C(=O)O. The molecule has 0 aliphatic carbocycles. The van der Waals surface area contributed by atoms with Crippen LogP contribution in [0.3, 0.4) is 0 Å². The van der Waals surface area contributed by atoms with Gasteiger partial charge in [0.25, 0.3) is 0 Å². The van der Waals surface area contributed by atoms with Gasteiger partial charge in [-0.15, -0.1) is 0 Å². The van der Waals surface area contributed by atoms with Gasteiger partial charge < -0.3 is 46.8 Å². The summed E-state index contributed by atoms with van der Waals surface area (Å²) in [6.45, 7) is 0. The van der Waals surface area contributed by atoms with Gasteiger partial charge in [0, 0.05) is 65.4 Å². The van der Waals surface area contributed by atoms with Crippen molar-refractivity contribution in [1.82, 2.24) is 35.9 Å². The van der Waals surface area contributed by atoms with Gasteiger partial charge >= 0.3 is 11.9 Å². The zero-order valence-corrected chi connectivity index (χ0v) is 25.7. The minimum atomic E-state index is -1.36. The van der Waals surface area contributed by atoms with Crippen molar-refractivity contribution in [2.24, 2.45) is 5.73 Å². The molecular weight excluding hydrogens is 620 g/mol. The van der Waals surface area contributed by atoms with Gasteiger partial charge in [0.15, 0.2) is 0 Å². The van der Waals surface area contributed by atoms with Crippen LogP contribution in [0.25, 0.3) is 21.8 Å². The van der Waals surface area contributed by atoms with E-state index in [1.807, 2.05) is 48.5 Å². The molecule has 0 radical (unpaired) electrons. The third-order valence-corrected chi connectivity index (χ3v) is 8.06. The largest absolute Gasteiger partial charge is 0.481 e. The van der Waals surface area contributed by atoms with E-state index in [9.17, 15) is 34.2 Å². The van der Waals surface area contributed by atoms with Crippen LogP contribution in [0.2, 0.25) is 0 Å². The molecule has 48 heavy (non-hydrogen) atoms. The standard InChI is InChI=1S/C33H36N8O7/c34-23(11-18-14-36-24-7-3-1-5-21(18)24)30(44)39-26(9-10-29(42)43)31(45)40-27(13-20-16-35-17-38-20)32(46)41-28(33(47)48)12-19-15-37-25-8-4-2-6-22(19)25/h1-8,14-17,23,26-28,36-37H,9-13,34H2,(H,35,38)(H,39,44)(H,40,45)(H,41,46)(H,42,43)(H,47,48). The number of benzene rings is 2. The second-order valence-electron chi connectivity index (χ2n) is 11.5. The van der Waals surface area contributed by atoms with Crippen molar-refractivity contribution < 1.29 is 34.2 Å². The molecule has 15 heteroatoms. The van der Waals surface area contributed by atoms with Crippen LogP contribution in [0.4, 0.5) is 0 Å². The quantitative estimate of drug-likeness (QED) is 0.0737. The number of aliphatic carboxylic acids is 2. The van der Waals surface area contributed by atoms with Crippen LogP contribution in [0, 0.1) is 0 Å². The number of hydrogen-bond donors (Lipinski definition) is 9. The van der Waals surface area contributed by atoms with Crippen LogP contribution < -0.4 is 21.7 Å². The molecule has 15 nitrogen and oxygen atoms in total. The molecule has 2 aromatic carbocycles. The number of aromatic amines is 3. The third-order valence-electron chi connectivity index (χ3n) is 8.06. The number of para-hydroxylation sites is 2. The highest BCUT2D eigenvalue weighted by atomic mass is 16.4. The molecule has 0 aliphatic heterocycles. The van der Waals surface area contributed by atoms with E-state index in [2.05, 4.69) is 35.9 Å². The van der Waals surface area contributed by atoms with Crippen molar-refractivity contribution in [2.75, 3.05) is 0 Å². The molecule has 0 bridgehead atoms. The summed E-state index contributed by atoms with van der Waals surface area (Å²) in [5.74, 6) is -4.81. The first kappa shape index (κ1) is 33.4. The normalized spacial score (nSPS) is 13.8. The number of amides is 3. The minimum Gasteiger partial charge on any atom is -0.481 e. The number of nitrogens with zero attached hydrogens (tertiary/aromatic N) is 1. The lowest BCUT2D eigenvalue weighted by Crippen LogP contribution is -2.58. The molecule has 5 rings (SSSR count). The van der Waals surface area contributed by atoms with Crippen LogP contribution >= 0.6 is 0 Å². The molecule has 0 fully saturated rings. The average molecular weight is 657 g/mol. The van der Waals surface area contributed by atoms with Crippen molar-refractivity contribution in [1.29, 1.82) is 0 Å². The molecule has 5 aromatic rings. The summed E-state index contributed by atoms with van der Waals surface area (Å²) in [6, 6.07) is 9.73. The number of nitrogens with two attached hydrogens (primary N) is 1. The number of imidazole rings is 1. The molecule has 0 spiro atoms.